The van der Waals surface area contributed by atoms with Crippen LogP contribution < -0.4 is 17.2 Å². The van der Waals surface area contributed by atoms with Crippen LogP contribution in [0.5, 0.6) is 0 Å². The van der Waals surface area contributed by atoms with Crippen LogP contribution in [0.25, 0.3) is 11.2 Å². The van der Waals surface area contributed by atoms with E-state index in [2.05, 4.69) is 15.0 Å². The first-order chi connectivity index (χ1) is 13.2. The SMILES string of the molecule is C[C@@]1(O)C[C@H](O)CN(C(=O)CCCCN)C[C@H]1n1cnc2c(N)nc(N)nc21. The molecule has 1 aliphatic rings. The number of nitrogens with two attached hydrogens (primary N) is 3. The number of hydrogen-bond donors (Lipinski definition) is 5. The fraction of sp³-hybridized carbons (Fsp3) is 0.647. The summed E-state index contributed by atoms with van der Waals surface area (Å²) in [5, 5.41) is 21.5. The Kier molecular flexibility index (Phi) is 5.68. The maximum Gasteiger partial charge on any atom is 0.224 e. The van der Waals surface area contributed by atoms with Crippen LogP contribution in [0.4, 0.5) is 11.8 Å². The molecule has 11 heteroatoms. The van der Waals surface area contributed by atoms with Crippen molar-refractivity contribution in [1.82, 2.24) is 24.4 Å². The number of unbranched alkanes of at least 4 members (excludes halogenated alkanes) is 1. The molecule has 0 aliphatic carbocycles. The molecule has 3 rings (SSSR count). The Bertz CT molecular complexity index is 852. The molecule has 0 saturated carbocycles. The Morgan fingerprint density at radius 2 is 2.07 bits per heavy atom. The summed E-state index contributed by atoms with van der Waals surface area (Å²) in [4.78, 5) is 26.6. The van der Waals surface area contributed by atoms with E-state index in [0.29, 0.717) is 30.6 Å². The molecule has 0 unspecified atom stereocenters. The highest BCUT2D eigenvalue weighted by Gasteiger charge is 2.42. The summed E-state index contributed by atoms with van der Waals surface area (Å²) in [7, 11) is 0. The van der Waals surface area contributed by atoms with Crippen molar-refractivity contribution in [2.45, 2.75) is 50.4 Å². The van der Waals surface area contributed by atoms with E-state index in [4.69, 9.17) is 17.2 Å². The van der Waals surface area contributed by atoms with Gasteiger partial charge in [0.05, 0.1) is 24.1 Å². The van der Waals surface area contributed by atoms with Crippen molar-refractivity contribution in [3.05, 3.63) is 6.33 Å². The Hall–Kier alpha value is -2.50. The van der Waals surface area contributed by atoms with Gasteiger partial charge in [0.1, 0.15) is 5.52 Å². The number of likely N-dealkylation sites (tertiary alicyclic amines) is 1. The minimum atomic E-state index is -1.31. The van der Waals surface area contributed by atoms with Gasteiger partial charge in [-0.05, 0) is 26.3 Å². The first-order valence-electron chi connectivity index (χ1n) is 9.36. The van der Waals surface area contributed by atoms with Crippen molar-refractivity contribution in [3.8, 4) is 0 Å². The second-order valence-electron chi connectivity index (χ2n) is 7.57. The molecule has 3 atom stereocenters. The van der Waals surface area contributed by atoms with E-state index in [0.717, 1.165) is 6.42 Å². The second kappa shape index (κ2) is 7.86. The maximum atomic E-state index is 12.7. The highest BCUT2D eigenvalue weighted by Crippen LogP contribution is 2.34. The summed E-state index contributed by atoms with van der Waals surface area (Å²) in [5.74, 6) is 0.0484. The van der Waals surface area contributed by atoms with E-state index in [1.165, 1.54) is 6.33 Å². The molecule has 154 valence electrons. The van der Waals surface area contributed by atoms with Crippen LogP contribution in [-0.2, 0) is 4.79 Å². The van der Waals surface area contributed by atoms with Gasteiger partial charge in [-0.15, -0.1) is 0 Å². The zero-order valence-corrected chi connectivity index (χ0v) is 16.0. The normalized spacial score (nSPS) is 25.8. The summed E-state index contributed by atoms with van der Waals surface area (Å²) in [6.07, 6.45) is 2.52. The highest BCUT2D eigenvalue weighted by atomic mass is 16.3. The molecule has 2 aromatic rings. The number of β-amino-alcohol motifs (C(OH)–C–C–N with tert-alkyl or cyclic N) is 1. The lowest BCUT2D eigenvalue weighted by molar-refractivity contribution is -0.132. The molecular formula is C17H28N8O3. The quantitative estimate of drug-likeness (QED) is 0.398. The smallest absolute Gasteiger partial charge is 0.224 e. The minimum Gasteiger partial charge on any atom is -0.391 e. The van der Waals surface area contributed by atoms with Crippen LogP contribution in [0.3, 0.4) is 0 Å². The van der Waals surface area contributed by atoms with E-state index in [9.17, 15) is 15.0 Å². The molecule has 1 saturated heterocycles. The van der Waals surface area contributed by atoms with Gasteiger partial charge >= 0.3 is 0 Å². The number of carbonyl (C=O) groups is 1. The van der Waals surface area contributed by atoms with Gasteiger partial charge in [0.15, 0.2) is 11.5 Å². The summed E-state index contributed by atoms with van der Waals surface area (Å²) >= 11 is 0. The minimum absolute atomic E-state index is 0.00485. The number of aromatic nitrogens is 4. The summed E-state index contributed by atoms with van der Waals surface area (Å²) in [5.41, 5.74) is 16.5. The van der Waals surface area contributed by atoms with Gasteiger partial charge < -0.3 is 36.9 Å². The van der Waals surface area contributed by atoms with Gasteiger partial charge in [-0.3, -0.25) is 4.79 Å². The number of nitrogens with zero attached hydrogens (tertiary/aromatic N) is 5. The Morgan fingerprint density at radius 3 is 2.79 bits per heavy atom. The summed E-state index contributed by atoms with van der Waals surface area (Å²) in [6.45, 7) is 2.50. The van der Waals surface area contributed by atoms with E-state index in [1.807, 2.05) is 0 Å². The van der Waals surface area contributed by atoms with Crippen LogP contribution in [0.15, 0.2) is 6.33 Å². The molecule has 0 radical (unpaired) electrons. The summed E-state index contributed by atoms with van der Waals surface area (Å²) < 4.78 is 1.65. The number of rotatable bonds is 5. The molecule has 0 aromatic carbocycles. The molecular weight excluding hydrogens is 364 g/mol. The monoisotopic (exact) mass is 392 g/mol. The molecule has 28 heavy (non-hydrogen) atoms. The topological polar surface area (TPSA) is 182 Å². The van der Waals surface area contributed by atoms with Gasteiger partial charge in [0.25, 0.3) is 0 Å². The second-order valence-corrected chi connectivity index (χ2v) is 7.57. The van der Waals surface area contributed by atoms with Crippen molar-refractivity contribution in [2.75, 3.05) is 31.1 Å². The molecule has 8 N–H and O–H groups in total. The summed E-state index contributed by atoms with van der Waals surface area (Å²) in [6, 6.07) is -0.596. The number of aliphatic hydroxyl groups is 2. The van der Waals surface area contributed by atoms with Crippen molar-refractivity contribution in [1.29, 1.82) is 0 Å². The fourth-order valence-electron chi connectivity index (χ4n) is 3.77. The van der Waals surface area contributed by atoms with Crippen molar-refractivity contribution in [2.24, 2.45) is 5.73 Å². The zero-order chi connectivity index (χ0) is 20.5. The first kappa shape index (κ1) is 20.2. The number of carbonyl (C=O) groups excluding carboxylic acids is 1. The van der Waals surface area contributed by atoms with Crippen LogP contribution in [0, 0.1) is 0 Å². The number of amides is 1. The molecule has 1 fully saturated rings. The molecule has 0 bridgehead atoms. The third-order valence-electron chi connectivity index (χ3n) is 5.19. The van der Waals surface area contributed by atoms with E-state index < -0.39 is 17.7 Å². The molecule has 3 heterocycles. The van der Waals surface area contributed by atoms with Crippen molar-refractivity contribution >= 4 is 28.8 Å². The number of imidazole rings is 1. The van der Waals surface area contributed by atoms with Gasteiger partial charge in [-0.2, -0.15) is 9.97 Å². The largest absolute Gasteiger partial charge is 0.391 e. The number of anilines is 2. The third kappa shape index (κ3) is 4.01. The van der Waals surface area contributed by atoms with Crippen molar-refractivity contribution in [3.63, 3.8) is 0 Å². The lowest BCUT2D eigenvalue weighted by Crippen LogP contribution is -2.42. The molecule has 2 aromatic heterocycles. The zero-order valence-electron chi connectivity index (χ0n) is 16.0. The Morgan fingerprint density at radius 1 is 1.32 bits per heavy atom. The third-order valence-corrected chi connectivity index (χ3v) is 5.19. The Balaban J connectivity index is 1.96. The molecule has 11 nitrogen and oxygen atoms in total. The van der Waals surface area contributed by atoms with E-state index in [1.54, 1.807) is 16.4 Å². The van der Waals surface area contributed by atoms with Gasteiger partial charge in [0, 0.05) is 25.9 Å². The number of nitrogen functional groups attached to an aromatic ring is 2. The highest BCUT2D eigenvalue weighted by molar-refractivity contribution is 5.83. The molecule has 1 amide bonds. The lowest BCUT2D eigenvalue weighted by atomic mass is 9.91. The van der Waals surface area contributed by atoms with Crippen LogP contribution in [0.2, 0.25) is 0 Å². The van der Waals surface area contributed by atoms with Gasteiger partial charge in [-0.1, -0.05) is 0 Å². The van der Waals surface area contributed by atoms with Crippen LogP contribution in [-0.4, -0.2) is 71.9 Å². The van der Waals surface area contributed by atoms with Crippen LogP contribution >= 0.6 is 0 Å². The fourth-order valence-corrected chi connectivity index (χ4v) is 3.77. The molecule has 0 spiro atoms. The molecule has 1 aliphatic heterocycles. The number of hydrogen-bond acceptors (Lipinski definition) is 9. The van der Waals surface area contributed by atoms with E-state index in [-0.39, 0.29) is 37.2 Å². The Labute approximate surface area is 162 Å². The standard InChI is InChI=1S/C17H28N8O3/c1-17(28)6-10(26)7-24(12(27)4-2-3-5-18)8-11(17)25-9-21-13-14(19)22-16(20)23-15(13)25/h9-11,26,28H,2-8,18H2,1H3,(H4,19,20,22,23)/t10-,11+,17+/m0/s1. The lowest BCUT2D eigenvalue weighted by Gasteiger charge is -2.34. The average molecular weight is 392 g/mol. The van der Waals surface area contributed by atoms with Gasteiger partial charge in [0.2, 0.25) is 11.9 Å². The van der Waals surface area contributed by atoms with Gasteiger partial charge in [-0.25, -0.2) is 4.98 Å². The van der Waals surface area contributed by atoms with Crippen LogP contribution in [0.1, 0.15) is 38.6 Å². The predicted octanol–water partition coefficient (Wildman–Crippen LogP) is -0.995. The predicted molar refractivity (Wildman–Crippen MR) is 104 cm³/mol. The average Bonchev–Trinajstić information content (AvgIpc) is 2.96. The maximum absolute atomic E-state index is 12.7. The first-order valence-corrected chi connectivity index (χ1v) is 9.36. The number of aliphatic hydroxyl groups excluding tert-OH is 1. The number of fused-ring (bicyclic) bond motifs is 1. The van der Waals surface area contributed by atoms with Crippen molar-refractivity contribution < 1.29 is 15.0 Å². The van der Waals surface area contributed by atoms with E-state index >= 15 is 0 Å².